The number of hydrogen-bond donors (Lipinski definition) is 2. The predicted octanol–water partition coefficient (Wildman–Crippen LogP) is 4.90. The Morgan fingerprint density at radius 1 is 1.07 bits per heavy atom. The van der Waals surface area contributed by atoms with Gasteiger partial charge in [-0.3, -0.25) is 9.78 Å². The van der Waals surface area contributed by atoms with Crippen LogP contribution in [0.25, 0.3) is 11.1 Å². The number of fused-ring (bicyclic) bond motifs is 3. The van der Waals surface area contributed by atoms with Crippen molar-refractivity contribution in [3.05, 3.63) is 88.2 Å². The SMILES string of the molecule is O=C(O)C[C@@H](NC(=O)OCC1c2ccccc2-c2ccccc21)c1ccncc1Br. The number of carboxylic acids is 1. The van der Waals surface area contributed by atoms with Crippen molar-refractivity contribution in [1.82, 2.24) is 10.3 Å². The highest BCUT2D eigenvalue weighted by Crippen LogP contribution is 2.44. The average Bonchev–Trinajstić information content (AvgIpc) is 3.06. The van der Waals surface area contributed by atoms with Crippen molar-refractivity contribution in [1.29, 1.82) is 0 Å². The molecule has 0 saturated heterocycles. The van der Waals surface area contributed by atoms with Crippen molar-refractivity contribution in [3.8, 4) is 11.1 Å². The molecule has 30 heavy (non-hydrogen) atoms. The Morgan fingerprint density at radius 2 is 1.70 bits per heavy atom. The Bertz CT molecular complexity index is 1060. The second kappa shape index (κ2) is 8.67. The van der Waals surface area contributed by atoms with Gasteiger partial charge in [0, 0.05) is 22.8 Å². The van der Waals surface area contributed by atoms with E-state index in [1.807, 2.05) is 36.4 Å². The van der Waals surface area contributed by atoms with Crippen LogP contribution in [0, 0.1) is 0 Å². The average molecular weight is 467 g/mol. The number of benzene rings is 2. The first kappa shape index (κ1) is 20.1. The van der Waals surface area contributed by atoms with Gasteiger partial charge in [-0.05, 0) is 49.8 Å². The first-order valence-corrected chi connectivity index (χ1v) is 10.3. The van der Waals surface area contributed by atoms with Gasteiger partial charge in [-0.25, -0.2) is 4.79 Å². The molecule has 1 heterocycles. The number of aliphatic carboxylic acids is 1. The molecule has 0 spiro atoms. The molecule has 2 aromatic carbocycles. The molecule has 1 atom stereocenters. The molecule has 152 valence electrons. The number of rotatable bonds is 6. The van der Waals surface area contributed by atoms with Crippen molar-refractivity contribution in [2.24, 2.45) is 0 Å². The molecular formula is C23H19BrN2O4. The minimum absolute atomic E-state index is 0.0614. The van der Waals surface area contributed by atoms with E-state index in [-0.39, 0.29) is 18.9 Å². The number of halogens is 1. The van der Waals surface area contributed by atoms with Gasteiger partial charge in [0.15, 0.2) is 0 Å². The van der Waals surface area contributed by atoms with Crippen molar-refractivity contribution >= 4 is 28.0 Å². The molecule has 4 rings (SSSR count). The Morgan fingerprint density at radius 3 is 2.30 bits per heavy atom. The number of nitrogens with zero attached hydrogens (tertiary/aromatic N) is 1. The lowest BCUT2D eigenvalue weighted by Gasteiger charge is -2.20. The fourth-order valence-corrected chi connectivity index (χ4v) is 4.39. The van der Waals surface area contributed by atoms with Crippen molar-refractivity contribution in [2.75, 3.05) is 6.61 Å². The van der Waals surface area contributed by atoms with E-state index in [0.29, 0.717) is 10.0 Å². The van der Waals surface area contributed by atoms with Gasteiger partial charge in [0.2, 0.25) is 0 Å². The topological polar surface area (TPSA) is 88.5 Å². The predicted molar refractivity (Wildman–Crippen MR) is 115 cm³/mol. The van der Waals surface area contributed by atoms with Crippen LogP contribution < -0.4 is 5.32 Å². The van der Waals surface area contributed by atoms with Crippen LogP contribution in [-0.2, 0) is 9.53 Å². The maximum Gasteiger partial charge on any atom is 0.407 e. The van der Waals surface area contributed by atoms with Crippen molar-refractivity contribution in [2.45, 2.75) is 18.4 Å². The van der Waals surface area contributed by atoms with Gasteiger partial charge in [-0.1, -0.05) is 48.5 Å². The largest absolute Gasteiger partial charge is 0.481 e. The Kier molecular flexibility index (Phi) is 5.81. The smallest absolute Gasteiger partial charge is 0.407 e. The van der Waals surface area contributed by atoms with E-state index >= 15 is 0 Å². The summed E-state index contributed by atoms with van der Waals surface area (Å²) in [7, 11) is 0. The van der Waals surface area contributed by atoms with Crippen LogP contribution in [0.3, 0.4) is 0 Å². The molecule has 1 amide bonds. The van der Waals surface area contributed by atoms with Crippen LogP contribution in [0.4, 0.5) is 4.79 Å². The molecule has 1 aliphatic carbocycles. The number of aromatic nitrogens is 1. The third kappa shape index (κ3) is 4.07. The second-order valence-corrected chi connectivity index (χ2v) is 7.87. The van der Waals surface area contributed by atoms with Gasteiger partial charge in [0.1, 0.15) is 6.61 Å². The highest BCUT2D eigenvalue weighted by Gasteiger charge is 2.29. The standard InChI is InChI=1S/C23H19BrN2O4/c24-20-12-25-10-9-18(20)21(11-22(27)28)26-23(29)30-13-19-16-7-3-1-5-14(16)15-6-2-4-8-17(15)19/h1-10,12,19,21H,11,13H2,(H,26,29)(H,27,28)/t21-/m1/s1. The summed E-state index contributed by atoms with van der Waals surface area (Å²) in [4.78, 5) is 27.8. The number of hydrogen-bond acceptors (Lipinski definition) is 4. The van der Waals surface area contributed by atoms with Crippen LogP contribution in [0.2, 0.25) is 0 Å². The molecule has 0 unspecified atom stereocenters. The second-order valence-electron chi connectivity index (χ2n) is 7.02. The van der Waals surface area contributed by atoms with E-state index in [2.05, 4.69) is 38.4 Å². The van der Waals surface area contributed by atoms with Gasteiger partial charge in [-0.15, -0.1) is 0 Å². The third-order valence-corrected chi connectivity index (χ3v) is 5.86. The third-order valence-electron chi connectivity index (χ3n) is 5.19. The fraction of sp³-hybridized carbons (Fsp3) is 0.174. The van der Waals surface area contributed by atoms with Crippen molar-refractivity contribution in [3.63, 3.8) is 0 Å². The lowest BCUT2D eigenvalue weighted by molar-refractivity contribution is -0.137. The molecule has 0 fully saturated rings. The highest BCUT2D eigenvalue weighted by atomic mass is 79.9. The molecule has 1 aliphatic rings. The number of carbonyl (C=O) groups is 2. The van der Waals surface area contributed by atoms with E-state index in [1.165, 1.54) is 0 Å². The van der Waals surface area contributed by atoms with Crippen molar-refractivity contribution < 1.29 is 19.4 Å². The molecule has 3 aromatic rings. The van der Waals surface area contributed by atoms with E-state index in [0.717, 1.165) is 22.3 Å². The van der Waals surface area contributed by atoms with E-state index in [1.54, 1.807) is 18.5 Å². The summed E-state index contributed by atoms with van der Waals surface area (Å²) in [5.74, 6) is -1.09. The number of alkyl carbamates (subject to hydrolysis) is 1. The Hall–Kier alpha value is -3.19. The van der Waals surface area contributed by atoms with Crippen LogP contribution in [-0.4, -0.2) is 28.8 Å². The van der Waals surface area contributed by atoms with Crippen LogP contribution in [0.1, 0.15) is 35.1 Å². The number of carbonyl (C=O) groups excluding carboxylic acids is 1. The van der Waals surface area contributed by atoms with E-state index in [4.69, 9.17) is 4.74 Å². The van der Waals surface area contributed by atoms with Gasteiger partial charge >= 0.3 is 12.1 Å². The molecule has 6 nitrogen and oxygen atoms in total. The van der Waals surface area contributed by atoms with E-state index < -0.39 is 18.1 Å². The first-order valence-electron chi connectivity index (χ1n) is 9.47. The quantitative estimate of drug-likeness (QED) is 0.539. The number of nitrogens with one attached hydrogen (secondary N) is 1. The molecule has 1 aromatic heterocycles. The summed E-state index contributed by atoms with van der Waals surface area (Å²) in [5.41, 5.74) is 5.15. The lowest BCUT2D eigenvalue weighted by atomic mass is 9.98. The number of amides is 1. The molecule has 0 radical (unpaired) electrons. The summed E-state index contributed by atoms with van der Waals surface area (Å²) in [6.07, 6.45) is 2.18. The minimum Gasteiger partial charge on any atom is -0.481 e. The molecule has 0 aliphatic heterocycles. The Balaban J connectivity index is 1.49. The summed E-state index contributed by atoms with van der Waals surface area (Å²) < 4.78 is 6.16. The fourth-order valence-electron chi connectivity index (χ4n) is 3.86. The summed E-state index contributed by atoms with van der Waals surface area (Å²) in [6.45, 7) is 0.164. The molecule has 0 saturated carbocycles. The van der Waals surface area contributed by atoms with Crippen LogP contribution in [0.5, 0.6) is 0 Å². The minimum atomic E-state index is -1.03. The monoisotopic (exact) mass is 466 g/mol. The normalized spacial score (nSPS) is 13.2. The van der Waals surface area contributed by atoms with Crippen LogP contribution >= 0.6 is 15.9 Å². The summed E-state index contributed by atoms with van der Waals surface area (Å²) >= 11 is 3.36. The number of ether oxygens (including phenoxy) is 1. The zero-order valence-electron chi connectivity index (χ0n) is 15.9. The zero-order chi connectivity index (χ0) is 21.1. The molecule has 0 bridgehead atoms. The summed E-state index contributed by atoms with van der Waals surface area (Å²) in [5, 5.41) is 11.9. The van der Waals surface area contributed by atoms with Gasteiger partial charge in [0.25, 0.3) is 0 Å². The zero-order valence-corrected chi connectivity index (χ0v) is 17.5. The molecule has 2 N–H and O–H groups in total. The number of carboxylic acid groups (broad SMARTS) is 1. The molecule has 7 heteroatoms. The lowest BCUT2D eigenvalue weighted by Crippen LogP contribution is -2.32. The number of pyridine rings is 1. The van der Waals surface area contributed by atoms with Gasteiger partial charge < -0.3 is 15.2 Å². The van der Waals surface area contributed by atoms with Gasteiger partial charge in [0.05, 0.1) is 12.5 Å². The first-order chi connectivity index (χ1) is 14.5. The molecular weight excluding hydrogens is 448 g/mol. The highest BCUT2D eigenvalue weighted by molar-refractivity contribution is 9.10. The van der Waals surface area contributed by atoms with E-state index in [9.17, 15) is 14.7 Å². The van der Waals surface area contributed by atoms with Gasteiger partial charge in [-0.2, -0.15) is 0 Å². The van der Waals surface area contributed by atoms with Crippen LogP contribution in [0.15, 0.2) is 71.5 Å². The summed E-state index contributed by atoms with van der Waals surface area (Å²) in [6, 6.07) is 17.1. The Labute approximate surface area is 182 Å². The maximum atomic E-state index is 12.5. The maximum absolute atomic E-state index is 12.5.